The zero-order valence-corrected chi connectivity index (χ0v) is 14.5. The molecule has 1 aromatic rings. The number of aromatic nitrogens is 1. The summed E-state index contributed by atoms with van der Waals surface area (Å²) < 4.78 is 6.00. The van der Waals surface area contributed by atoms with Gasteiger partial charge in [-0.3, -0.25) is 9.78 Å². The number of rotatable bonds is 7. The first-order valence-corrected chi connectivity index (χ1v) is 8.68. The van der Waals surface area contributed by atoms with Crippen molar-refractivity contribution in [3.63, 3.8) is 0 Å². The lowest BCUT2D eigenvalue weighted by Crippen LogP contribution is -2.30. The number of hydrogen-bond acceptors (Lipinski definition) is 3. The highest BCUT2D eigenvalue weighted by Crippen LogP contribution is 2.20. The van der Waals surface area contributed by atoms with E-state index in [9.17, 15) is 4.79 Å². The molecular weight excluding hydrogens is 288 g/mol. The van der Waals surface area contributed by atoms with Crippen LogP contribution >= 0.6 is 0 Å². The molecule has 0 aliphatic carbocycles. The molecule has 2 heterocycles. The number of carbonyl (C=O) groups excluding carboxylic acids is 1. The fourth-order valence-electron chi connectivity index (χ4n) is 2.66. The van der Waals surface area contributed by atoms with E-state index in [2.05, 4.69) is 31.0 Å². The van der Waals surface area contributed by atoms with Crippen LogP contribution in [0.15, 0.2) is 24.5 Å². The number of hydrogen-bond donors (Lipinski definition) is 0. The van der Waals surface area contributed by atoms with E-state index in [-0.39, 0.29) is 12.0 Å². The zero-order chi connectivity index (χ0) is 16.7. The summed E-state index contributed by atoms with van der Waals surface area (Å²) in [6.07, 6.45) is 11.7. The van der Waals surface area contributed by atoms with Crippen LogP contribution in [-0.2, 0) is 4.79 Å². The molecule has 2 rings (SSSR count). The molecule has 1 amide bonds. The van der Waals surface area contributed by atoms with Gasteiger partial charge in [-0.25, -0.2) is 0 Å². The SMILES string of the molecule is CCC(=O)N1CC[C@H](Oc2cncc(/C=C/C[C@H](C)CC)c2)C1. The monoisotopic (exact) mass is 316 g/mol. The molecule has 126 valence electrons. The number of nitrogens with zero attached hydrogens (tertiary/aromatic N) is 2. The third kappa shape index (κ3) is 5.38. The van der Waals surface area contributed by atoms with Crippen molar-refractivity contribution in [2.75, 3.05) is 13.1 Å². The molecule has 1 aliphatic rings. The Morgan fingerprint density at radius 1 is 1.48 bits per heavy atom. The number of pyridine rings is 1. The summed E-state index contributed by atoms with van der Waals surface area (Å²) in [5.74, 6) is 1.70. The van der Waals surface area contributed by atoms with Gasteiger partial charge >= 0.3 is 0 Å². The third-order valence-electron chi connectivity index (χ3n) is 4.38. The van der Waals surface area contributed by atoms with Crippen molar-refractivity contribution in [2.45, 2.75) is 52.6 Å². The summed E-state index contributed by atoms with van der Waals surface area (Å²) in [4.78, 5) is 17.9. The molecule has 0 unspecified atom stereocenters. The van der Waals surface area contributed by atoms with E-state index in [1.165, 1.54) is 6.42 Å². The average molecular weight is 316 g/mol. The van der Waals surface area contributed by atoms with Gasteiger partial charge in [0, 0.05) is 25.6 Å². The van der Waals surface area contributed by atoms with Gasteiger partial charge in [0.15, 0.2) is 0 Å². The number of amides is 1. The van der Waals surface area contributed by atoms with Crippen LogP contribution in [0.5, 0.6) is 5.75 Å². The van der Waals surface area contributed by atoms with E-state index in [4.69, 9.17) is 4.74 Å². The minimum Gasteiger partial charge on any atom is -0.487 e. The van der Waals surface area contributed by atoms with E-state index in [0.717, 1.165) is 30.7 Å². The van der Waals surface area contributed by atoms with Crippen LogP contribution in [0.4, 0.5) is 0 Å². The lowest BCUT2D eigenvalue weighted by molar-refractivity contribution is -0.130. The Balaban J connectivity index is 1.89. The second kappa shape index (κ2) is 8.70. The number of allylic oxidation sites excluding steroid dienone is 1. The largest absolute Gasteiger partial charge is 0.487 e. The van der Waals surface area contributed by atoms with Gasteiger partial charge in [-0.15, -0.1) is 0 Å². The first-order valence-electron chi connectivity index (χ1n) is 8.68. The molecule has 1 aromatic heterocycles. The fraction of sp³-hybridized carbons (Fsp3) is 0.579. The molecule has 4 heteroatoms. The molecule has 4 nitrogen and oxygen atoms in total. The van der Waals surface area contributed by atoms with E-state index in [0.29, 0.717) is 18.9 Å². The van der Waals surface area contributed by atoms with Gasteiger partial charge in [-0.05, 0) is 24.0 Å². The lowest BCUT2D eigenvalue weighted by Gasteiger charge is -2.16. The summed E-state index contributed by atoms with van der Waals surface area (Å²) in [7, 11) is 0. The number of likely N-dealkylation sites (tertiary alicyclic amines) is 1. The van der Waals surface area contributed by atoms with Crippen molar-refractivity contribution in [2.24, 2.45) is 5.92 Å². The normalized spacial score (nSPS) is 19.3. The van der Waals surface area contributed by atoms with Gasteiger partial charge in [0.05, 0.1) is 12.7 Å². The molecule has 0 spiro atoms. The minimum absolute atomic E-state index is 0.0756. The van der Waals surface area contributed by atoms with Crippen molar-refractivity contribution in [1.29, 1.82) is 0 Å². The molecule has 0 aromatic carbocycles. The van der Waals surface area contributed by atoms with Crippen LogP contribution in [0.2, 0.25) is 0 Å². The van der Waals surface area contributed by atoms with Gasteiger partial charge in [-0.2, -0.15) is 0 Å². The minimum atomic E-state index is 0.0756. The summed E-state index contributed by atoms with van der Waals surface area (Å²) in [6.45, 7) is 7.84. The van der Waals surface area contributed by atoms with Crippen LogP contribution in [0.1, 0.15) is 52.0 Å². The highest BCUT2D eigenvalue weighted by Gasteiger charge is 2.26. The van der Waals surface area contributed by atoms with Gasteiger partial charge in [0.1, 0.15) is 11.9 Å². The Morgan fingerprint density at radius 3 is 3.04 bits per heavy atom. The van der Waals surface area contributed by atoms with Crippen LogP contribution < -0.4 is 4.74 Å². The highest BCUT2D eigenvalue weighted by atomic mass is 16.5. The average Bonchev–Trinajstić information content (AvgIpc) is 3.02. The van der Waals surface area contributed by atoms with E-state index in [1.807, 2.05) is 24.1 Å². The Morgan fingerprint density at radius 2 is 2.30 bits per heavy atom. The first-order chi connectivity index (χ1) is 11.1. The fourth-order valence-corrected chi connectivity index (χ4v) is 2.66. The van der Waals surface area contributed by atoms with Crippen LogP contribution in [0.3, 0.4) is 0 Å². The maximum absolute atomic E-state index is 11.7. The molecule has 0 bridgehead atoms. The Kier molecular flexibility index (Phi) is 6.63. The predicted molar refractivity (Wildman–Crippen MR) is 93.2 cm³/mol. The Bertz CT molecular complexity index is 542. The van der Waals surface area contributed by atoms with Gasteiger partial charge < -0.3 is 9.64 Å². The quantitative estimate of drug-likeness (QED) is 0.765. The molecule has 0 N–H and O–H groups in total. The highest BCUT2D eigenvalue weighted by molar-refractivity contribution is 5.76. The summed E-state index contributed by atoms with van der Waals surface area (Å²) in [6, 6.07) is 2.02. The van der Waals surface area contributed by atoms with Crippen molar-refractivity contribution in [1.82, 2.24) is 9.88 Å². The second-order valence-electron chi connectivity index (χ2n) is 6.33. The van der Waals surface area contributed by atoms with Gasteiger partial charge in [0.25, 0.3) is 0 Å². The Hall–Kier alpha value is -1.84. The standard InChI is InChI=1S/C19H28N2O2/c1-4-15(3)7-6-8-16-11-18(13-20-12-16)23-17-9-10-21(14-17)19(22)5-2/h6,8,11-13,15,17H,4-5,7,9-10,14H2,1-3H3/b8-6+/t15-,17+/m1/s1. The molecule has 0 radical (unpaired) electrons. The number of carbonyl (C=O) groups is 1. The first kappa shape index (κ1) is 17.5. The molecule has 2 atom stereocenters. The van der Waals surface area contributed by atoms with E-state index >= 15 is 0 Å². The van der Waals surface area contributed by atoms with Crippen LogP contribution in [-0.4, -0.2) is 35.0 Å². The maximum atomic E-state index is 11.7. The summed E-state index contributed by atoms with van der Waals surface area (Å²) in [5.41, 5.74) is 1.06. The van der Waals surface area contributed by atoms with E-state index < -0.39 is 0 Å². The maximum Gasteiger partial charge on any atom is 0.222 e. The molecule has 1 saturated heterocycles. The third-order valence-corrected chi connectivity index (χ3v) is 4.38. The number of ether oxygens (including phenoxy) is 1. The predicted octanol–water partition coefficient (Wildman–Crippen LogP) is 3.92. The molecule has 1 fully saturated rings. The smallest absolute Gasteiger partial charge is 0.222 e. The van der Waals surface area contributed by atoms with Crippen molar-refractivity contribution >= 4 is 12.0 Å². The van der Waals surface area contributed by atoms with Gasteiger partial charge in [-0.1, -0.05) is 39.3 Å². The second-order valence-corrected chi connectivity index (χ2v) is 6.33. The van der Waals surface area contributed by atoms with Gasteiger partial charge in [0.2, 0.25) is 5.91 Å². The summed E-state index contributed by atoms with van der Waals surface area (Å²) in [5, 5.41) is 0. The van der Waals surface area contributed by atoms with E-state index in [1.54, 1.807) is 6.20 Å². The topological polar surface area (TPSA) is 42.4 Å². The molecule has 1 aliphatic heterocycles. The molecular formula is C19H28N2O2. The Labute approximate surface area is 139 Å². The molecule has 0 saturated carbocycles. The van der Waals surface area contributed by atoms with Crippen molar-refractivity contribution in [3.05, 3.63) is 30.1 Å². The molecule has 23 heavy (non-hydrogen) atoms. The lowest BCUT2D eigenvalue weighted by atomic mass is 10.0. The van der Waals surface area contributed by atoms with Crippen LogP contribution in [0.25, 0.3) is 6.08 Å². The van der Waals surface area contributed by atoms with Crippen molar-refractivity contribution in [3.8, 4) is 5.75 Å². The van der Waals surface area contributed by atoms with Crippen molar-refractivity contribution < 1.29 is 9.53 Å². The van der Waals surface area contributed by atoms with Crippen LogP contribution in [0, 0.1) is 5.92 Å². The zero-order valence-electron chi connectivity index (χ0n) is 14.5. The summed E-state index contributed by atoms with van der Waals surface area (Å²) >= 11 is 0.